The first kappa shape index (κ1) is 28.5. The minimum Gasteiger partial charge on any atom is -0.372 e. The van der Waals surface area contributed by atoms with E-state index in [0.29, 0.717) is 44.8 Å². The summed E-state index contributed by atoms with van der Waals surface area (Å²) in [6.07, 6.45) is 4.55. The highest BCUT2D eigenvalue weighted by Gasteiger charge is 2.31. The SMILES string of the molecule is C=CC(=O)N1CCN(c2cccc3c(N4CCc5cnc(N6CC(C)OC(C)C6)c(C#N)c5C4)cccc23)C[C@H]1CC#N. The lowest BCUT2D eigenvalue weighted by molar-refractivity contribution is -0.128. The van der Waals surface area contributed by atoms with Crippen LogP contribution < -0.4 is 14.7 Å². The van der Waals surface area contributed by atoms with E-state index in [1.807, 2.05) is 6.20 Å². The minimum absolute atomic E-state index is 0.0788. The van der Waals surface area contributed by atoms with Crippen LogP contribution >= 0.6 is 0 Å². The molecule has 220 valence electrons. The molecule has 9 heteroatoms. The van der Waals surface area contributed by atoms with Gasteiger partial charge in [0.15, 0.2) is 0 Å². The Labute approximate surface area is 253 Å². The molecule has 2 saturated heterocycles. The zero-order valence-electron chi connectivity index (χ0n) is 24.9. The van der Waals surface area contributed by atoms with Crippen LogP contribution in [0.2, 0.25) is 0 Å². The Kier molecular flexibility index (Phi) is 7.92. The number of anilines is 3. The van der Waals surface area contributed by atoms with Gasteiger partial charge in [0.2, 0.25) is 5.91 Å². The van der Waals surface area contributed by atoms with E-state index in [0.717, 1.165) is 52.1 Å². The summed E-state index contributed by atoms with van der Waals surface area (Å²) in [5.74, 6) is 0.629. The number of fused-ring (bicyclic) bond motifs is 2. The molecule has 0 spiro atoms. The summed E-state index contributed by atoms with van der Waals surface area (Å²) in [6, 6.07) is 17.4. The lowest BCUT2D eigenvalue weighted by Gasteiger charge is -2.42. The number of piperazine rings is 1. The van der Waals surface area contributed by atoms with E-state index in [2.05, 4.69) is 83.7 Å². The molecule has 9 nitrogen and oxygen atoms in total. The largest absolute Gasteiger partial charge is 0.372 e. The van der Waals surface area contributed by atoms with Gasteiger partial charge in [-0.15, -0.1) is 0 Å². The fourth-order valence-corrected chi connectivity index (χ4v) is 7.00. The summed E-state index contributed by atoms with van der Waals surface area (Å²) in [6.45, 7) is 12.5. The van der Waals surface area contributed by atoms with Gasteiger partial charge in [-0.05, 0) is 49.6 Å². The third-order valence-corrected chi connectivity index (χ3v) is 8.91. The number of carbonyl (C=O) groups is 1. The summed E-state index contributed by atoms with van der Waals surface area (Å²) in [5, 5.41) is 22.1. The topological polar surface area (TPSA) is 99.7 Å². The van der Waals surface area contributed by atoms with Crippen LogP contribution in [0, 0.1) is 22.7 Å². The van der Waals surface area contributed by atoms with E-state index < -0.39 is 0 Å². The number of ether oxygens (including phenoxy) is 1. The van der Waals surface area contributed by atoms with Gasteiger partial charge < -0.3 is 24.3 Å². The lowest BCUT2D eigenvalue weighted by Crippen LogP contribution is -2.54. The van der Waals surface area contributed by atoms with Gasteiger partial charge in [-0.1, -0.05) is 30.8 Å². The fourth-order valence-electron chi connectivity index (χ4n) is 7.00. The Hall–Kier alpha value is -4.60. The number of hydrogen-bond donors (Lipinski definition) is 0. The maximum Gasteiger partial charge on any atom is 0.246 e. The van der Waals surface area contributed by atoms with Crippen LogP contribution in [0.3, 0.4) is 0 Å². The predicted octanol–water partition coefficient (Wildman–Crippen LogP) is 4.40. The Balaban J connectivity index is 1.32. The number of nitrogens with zero attached hydrogens (tertiary/aromatic N) is 7. The normalized spacial score (nSPS) is 22.1. The minimum atomic E-state index is -0.189. The van der Waals surface area contributed by atoms with E-state index >= 15 is 0 Å². The number of rotatable bonds is 5. The standard InChI is InChI=1S/C34H37N7O2/c1-4-33(42)41-16-15-39(21-26(41)11-13-35)32-10-6-7-27-28(32)8-5-9-31(27)38-14-12-25-18-37-34(29(17-36)30(25)22-38)40-19-23(2)43-24(3)20-40/h4-10,18,23-24,26H,1,11-12,14-16,19-22H2,2-3H3/t23?,24?,26-/m1/s1. The Morgan fingerprint density at radius 2 is 1.70 bits per heavy atom. The van der Waals surface area contributed by atoms with Gasteiger partial charge in [0, 0.05) is 74.2 Å². The molecule has 2 aromatic carbocycles. The van der Waals surface area contributed by atoms with Crippen molar-refractivity contribution in [1.29, 1.82) is 10.5 Å². The van der Waals surface area contributed by atoms with Gasteiger partial charge in [0.1, 0.15) is 11.9 Å². The quantitative estimate of drug-likeness (QED) is 0.413. The third-order valence-electron chi connectivity index (χ3n) is 8.91. The second-order valence-electron chi connectivity index (χ2n) is 11.8. The number of nitriles is 2. The van der Waals surface area contributed by atoms with Gasteiger partial charge in [0.05, 0.1) is 36.3 Å². The first-order chi connectivity index (χ1) is 20.9. The smallest absolute Gasteiger partial charge is 0.246 e. The predicted molar refractivity (Wildman–Crippen MR) is 168 cm³/mol. The first-order valence-corrected chi connectivity index (χ1v) is 15.0. The number of benzene rings is 2. The number of pyridine rings is 1. The molecule has 3 aromatic rings. The molecule has 2 fully saturated rings. The van der Waals surface area contributed by atoms with Gasteiger partial charge in [-0.25, -0.2) is 4.98 Å². The average molecular weight is 576 g/mol. The molecular formula is C34H37N7O2. The second-order valence-corrected chi connectivity index (χ2v) is 11.8. The molecule has 6 rings (SSSR count). The van der Waals surface area contributed by atoms with Crippen molar-refractivity contribution >= 4 is 33.9 Å². The number of carbonyl (C=O) groups excluding carboxylic acids is 1. The molecule has 0 N–H and O–H groups in total. The van der Waals surface area contributed by atoms with Crippen LogP contribution in [-0.4, -0.2) is 73.3 Å². The molecule has 4 heterocycles. The third kappa shape index (κ3) is 5.37. The maximum absolute atomic E-state index is 12.4. The molecule has 3 atom stereocenters. The summed E-state index contributed by atoms with van der Waals surface area (Å²) < 4.78 is 5.93. The molecule has 0 aliphatic carbocycles. The molecule has 1 amide bonds. The summed E-state index contributed by atoms with van der Waals surface area (Å²) in [4.78, 5) is 25.9. The Morgan fingerprint density at radius 1 is 1.00 bits per heavy atom. The monoisotopic (exact) mass is 575 g/mol. The van der Waals surface area contributed by atoms with Crippen molar-refractivity contribution < 1.29 is 9.53 Å². The number of hydrogen-bond acceptors (Lipinski definition) is 8. The maximum atomic E-state index is 12.4. The van der Waals surface area contributed by atoms with Crippen molar-refractivity contribution in [2.24, 2.45) is 0 Å². The molecular weight excluding hydrogens is 538 g/mol. The van der Waals surface area contributed by atoms with Crippen LogP contribution in [0.4, 0.5) is 17.2 Å². The van der Waals surface area contributed by atoms with Gasteiger partial charge >= 0.3 is 0 Å². The second kappa shape index (κ2) is 11.9. The van der Waals surface area contributed by atoms with Gasteiger partial charge in [-0.2, -0.15) is 10.5 Å². The van der Waals surface area contributed by atoms with Crippen molar-refractivity contribution in [2.75, 3.05) is 54.0 Å². The highest BCUT2D eigenvalue weighted by Crippen LogP contribution is 2.38. The zero-order chi connectivity index (χ0) is 30.1. The summed E-state index contributed by atoms with van der Waals surface area (Å²) >= 11 is 0. The van der Waals surface area contributed by atoms with Crippen molar-refractivity contribution in [2.45, 2.75) is 51.5 Å². The van der Waals surface area contributed by atoms with E-state index in [4.69, 9.17) is 9.72 Å². The lowest BCUT2D eigenvalue weighted by atomic mass is 9.95. The van der Waals surface area contributed by atoms with E-state index in [1.54, 1.807) is 4.90 Å². The van der Waals surface area contributed by atoms with E-state index in [1.165, 1.54) is 6.08 Å². The van der Waals surface area contributed by atoms with Gasteiger partial charge in [-0.3, -0.25) is 4.79 Å². The molecule has 0 saturated carbocycles. The molecule has 0 radical (unpaired) electrons. The van der Waals surface area contributed by atoms with Crippen molar-refractivity contribution in [3.8, 4) is 12.1 Å². The van der Waals surface area contributed by atoms with Crippen LogP contribution in [0.5, 0.6) is 0 Å². The molecule has 3 aliphatic heterocycles. The van der Waals surface area contributed by atoms with Crippen molar-refractivity contribution in [1.82, 2.24) is 9.88 Å². The highest BCUT2D eigenvalue weighted by molar-refractivity contribution is 6.02. The number of aromatic nitrogens is 1. The van der Waals surface area contributed by atoms with E-state index in [-0.39, 0.29) is 30.6 Å². The van der Waals surface area contributed by atoms with Crippen LogP contribution in [0.25, 0.3) is 10.8 Å². The number of morpholine rings is 1. The summed E-state index contributed by atoms with van der Waals surface area (Å²) in [7, 11) is 0. The summed E-state index contributed by atoms with van der Waals surface area (Å²) in [5.41, 5.74) is 5.10. The molecule has 0 bridgehead atoms. The van der Waals surface area contributed by atoms with Gasteiger partial charge in [0.25, 0.3) is 0 Å². The molecule has 43 heavy (non-hydrogen) atoms. The van der Waals surface area contributed by atoms with Crippen LogP contribution in [0.15, 0.2) is 55.3 Å². The molecule has 2 unspecified atom stereocenters. The van der Waals surface area contributed by atoms with Crippen molar-refractivity contribution in [3.05, 3.63) is 71.9 Å². The first-order valence-electron chi connectivity index (χ1n) is 15.0. The zero-order valence-corrected chi connectivity index (χ0v) is 24.9. The van der Waals surface area contributed by atoms with Crippen molar-refractivity contribution in [3.63, 3.8) is 0 Å². The Morgan fingerprint density at radius 3 is 2.35 bits per heavy atom. The van der Waals surface area contributed by atoms with Crippen LogP contribution in [0.1, 0.15) is 37.0 Å². The molecule has 3 aliphatic rings. The average Bonchev–Trinajstić information content (AvgIpc) is 3.02. The Bertz CT molecular complexity index is 1630. The number of amides is 1. The molecule has 1 aromatic heterocycles. The fraction of sp³-hybridized carbons (Fsp3) is 0.412. The van der Waals surface area contributed by atoms with E-state index in [9.17, 15) is 15.3 Å². The van der Waals surface area contributed by atoms with Crippen LogP contribution in [-0.2, 0) is 22.5 Å². The highest BCUT2D eigenvalue weighted by atomic mass is 16.5.